The van der Waals surface area contributed by atoms with E-state index in [0.717, 1.165) is 22.5 Å². The maximum atomic E-state index is 13.1. The van der Waals surface area contributed by atoms with Crippen molar-refractivity contribution in [3.05, 3.63) is 60.7 Å². The first-order valence-electron chi connectivity index (χ1n) is 6.45. The molecule has 0 aliphatic heterocycles. The van der Waals surface area contributed by atoms with Crippen molar-refractivity contribution in [2.75, 3.05) is 0 Å². The van der Waals surface area contributed by atoms with Gasteiger partial charge in [-0.05, 0) is 42.5 Å². The first-order valence-corrected chi connectivity index (χ1v) is 6.45. The Hall–Kier alpha value is -2.93. The van der Waals surface area contributed by atoms with Crippen LogP contribution in [0.15, 0.2) is 54.9 Å². The van der Waals surface area contributed by atoms with E-state index < -0.39 is 0 Å². The summed E-state index contributed by atoms with van der Waals surface area (Å²) in [7, 11) is 0. The van der Waals surface area contributed by atoms with Gasteiger partial charge >= 0.3 is 0 Å². The zero-order chi connectivity index (χ0) is 14.7. The van der Waals surface area contributed by atoms with E-state index in [9.17, 15) is 4.39 Å². The molecule has 3 nitrogen and oxygen atoms in total. The molecule has 2 aromatic heterocycles. The minimum Gasteiger partial charge on any atom is -0.265 e. The number of nitrogens with zero attached hydrogens (tertiary/aromatic N) is 3. The van der Waals surface area contributed by atoms with Gasteiger partial charge in [0.15, 0.2) is 0 Å². The lowest BCUT2D eigenvalue weighted by molar-refractivity contribution is 0.628. The summed E-state index contributed by atoms with van der Waals surface area (Å²) in [6, 6.07) is 12.0. The summed E-state index contributed by atoms with van der Waals surface area (Å²) >= 11 is 0. The maximum Gasteiger partial charge on any atom is 0.123 e. The predicted octanol–water partition coefficient (Wildman–Crippen LogP) is 3.38. The van der Waals surface area contributed by atoms with Gasteiger partial charge in [0.25, 0.3) is 0 Å². The van der Waals surface area contributed by atoms with Crippen LogP contribution in [-0.4, -0.2) is 14.8 Å². The predicted molar refractivity (Wildman–Crippen MR) is 79.7 cm³/mol. The highest BCUT2D eigenvalue weighted by molar-refractivity contribution is 5.68. The van der Waals surface area contributed by atoms with E-state index in [4.69, 9.17) is 6.42 Å². The maximum absolute atomic E-state index is 13.1. The summed E-state index contributed by atoms with van der Waals surface area (Å²) in [6.45, 7) is 0.359. The van der Waals surface area contributed by atoms with Crippen LogP contribution in [0.4, 0.5) is 4.39 Å². The minimum absolute atomic E-state index is 0.267. The van der Waals surface area contributed by atoms with Crippen LogP contribution in [-0.2, 0) is 6.54 Å². The Balaban J connectivity index is 2.09. The molecule has 0 atom stereocenters. The number of halogens is 1. The standard InChI is InChI=1S/C17H12FN3/c1-2-11-21-17(14-3-5-15(18)6-4-14)12-16(20-21)13-7-9-19-10-8-13/h1,3-10,12H,11H2. The Morgan fingerprint density at radius 1 is 1.05 bits per heavy atom. The van der Waals surface area contributed by atoms with Crippen LogP contribution < -0.4 is 0 Å². The SMILES string of the molecule is C#CCn1nc(-c2ccncc2)cc1-c1ccc(F)cc1. The lowest BCUT2D eigenvalue weighted by Crippen LogP contribution is -2.00. The highest BCUT2D eigenvalue weighted by Gasteiger charge is 2.11. The quantitative estimate of drug-likeness (QED) is 0.687. The summed E-state index contributed by atoms with van der Waals surface area (Å²) in [5.74, 6) is 2.32. The molecular formula is C17H12FN3. The molecule has 3 rings (SSSR count). The fraction of sp³-hybridized carbons (Fsp3) is 0.0588. The monoisotopic (exact) mass is 277 g/mol. The molecule has 0 radical (unpaired) electrons. The van der Waals surface area contributed by atoms with Gasteiger partial charge in [0.05, 0.1) is 11.4 Å². The van der Waals surface area contributed by atoms with Gasteiger partial charge in [0, 0.05) is 23.5 Å². The molecule has 0 aliphatic carbocycles. The molecule has 0 unspecified atom stereocenters. The first kappa shape index (κ1) is 13.1. The zero-order valence-electron chi connectivity index (χ0n) is 11.2. The second-order valence-electron chi connectivity index (χ2n) is 4.52. The van der Waals surface area contributed by atoms with E-state index in [0.29, 0.717) is 6.54 Å². The number of hydrogen-bond acceptors (Lipinski definition) is 2. The summed E-state index contributed by atoms with van der Waals surface area (Å²) in [5, 5.41) is 4.52. The lowest BCUT2D eigenvalue weighted by atomic mass is 10.1. The molecule has 1 aromatic carbocycles. The topological polar surface area (TPSA) is 30.7 Å². The summed E-state index contributed by atoms with van der Waals surface area (Å²) in [5.41, 5.74) is 3.51. The van der Waals surface area contributed by atoms with Gasteiger partial charge in [-0.2, -0.15) is 5.10 Å². The van der Waals surface area contributed by atoms with E-state index in [1.807, 2.05) is 18.2 Å². The van der Waals surface area contributed by atoms with Crippen LogP contribution in [0.1, 0.15) is 0 Å². The molecule has 0 saturated heterocycles. The zero-order valence-corrected chi connectivity index (χ0v) is 11.2. The molecule has 102 valence electrons. The molecule has 4 heteroatoms. The molecule has 3 aromatic rings. The van der Waals surface area contributed by atoms with Gasteiger partial charge < -0.3 is 0 Å². The molecule has 0 aliphatic rings. The Kier molecular flexibility index (Phi) is 3.48. The van der Waals surface area contributed by atoms with E-state index in [-0.39, 0.29) is 5.82 Å². The van der Waals surface area contributed by atoms with Crippen LogP contribution in [0.2, 0.25) is 0 Å². The van der Waals surface area contributed by atoms with Gasteiger partial charge in [0.1, 0.15) is 12.4 Å². The highest BCUT2D eigenvalue weighted by atomic mass is 19.1. The number of rotatable bonds is 3. The molecule has 0 saturated carbocycles. The lowest BCUT2D eigenvalue weighted by Gasteiger charge is -2.03. The van der Waals surface area contributed by atoms with Gasteiger partial charge in [-0.3, -0.25) is 9.67 Å². The number of hydrogen-bond donors (Lipinski definition) is 0. The summed E-state index contributed by atoms with van der Waals surface area (Å²) in [6.07, 6.45) is 8.83. The average molecular weight is 277 g/mol. The first-order chi connectivity index (χ1) is 10.3. The normalized spacial score (nSPS) is 10.3. The van der Waals surface area contributed by atoms with E-state index >= 15 is 0 Å². The Bertz CT molecular complexity index is 783. The van der Waals surface area contributed by atoms with Crippen molar-refractivity contribution in [1.29, 1.82) is 0 Å². The summed E-state index contributed by atoms with van der Waals surface area (Å²) in [4.78, 5) is 4.00. The molecule has 0 N–H and O–H groups in total. The van der Waals surface area contributed by atoms with Gasteiger partial charge in [0.2, 0.25) is 0 Å². The summed E-state index contributed by atoms with van der Waals surface area (Å²) < 4.78 is 14.8. The smallest absolute Gasteiger partial charge is 0.123 e. The Labute approximate surface area is 122 Å². The third kappa shape index (κ3) is 2.67. The van der Waals surface area contributed by atoms with E-state index in [1.54, 1.807) is 29.2 Å². The van der Waals surface area contributed by atoms with Crippen molar-refractivity contribution in [2.24, 2.45) is 0 Å². The Morgan fingerprint density at radius 2 is 1.76 bits per heavy atom. The van der Waals surface area contributed by atoms with Crippen molar-refractivity contribution < 1.29 is 4.39 Å². The van der Waals surface area contributed by atoms with Crippen LogP contribution in [0.5, 0.6) is 0 Å². The number of benzene rings is 1. The largest absolute Gasteiger partial charge is 0.265 e. The van der Waals surface area contributed by atoms with Crippen LogP contribution in [0.3, 0.4) is 0 Å². The fourth-order valence-electron chi connectivity index (χ4n) is 2.14. The molecule has 2 heterocycles. The second kappa shape index (κ2) is 5.59. The van der Waals surface area contributed by atoms with Crippen molar-refractivity contribution in [2.45, 2.75) is 6.54 Å². The average Bonchev–Trinajstić information content (AvgIpc) is 2.93. The van der Waals surface area contributed by atoms with Crippen molar-refractivity contribution in [3.8, 4) is 34.9 Å². The van der Waals surface area contributed by atoms with E-state index in [2.05, 4.69) is 16.0 Å². The number of terminal acetylenes is 1. The van der Waals surface area contributed by atoms with E-state index in [1.165, 1.54) is 12.1 Å². The van der Waals surface area contributed by atoms with Crippen molar-refractivity contribution >= 4 is 0 Å². The molecule has 0 spiro atoms. The molecule has 0 bridgehead atoms. The number of aromatic nitrogens is 3. The second-order valence-corrected chi connectivity index (χ2v) is 4.52. The van der Waals surface area contributed by atoms with Gasteiger partial charge in [-0.1, -0.05) is 5.92 Å². The Morgan fingerprint density at radius 3 is 2.43 bits per heavy atom. The highest BCUT2D eigenvalue weighted by Crippen LogP contribution is 2.26. The van der Waals surface area contributed by atoms with Crippen molar-refractivity contribution in [1.82, 2.24) is 14.8 Å². The van der Waals surface area contributed by atoms with Gasteiger partial charge in [-0.25, -0.2) is 4.39 Å². The minimum atomic E-state index is -0.267. The molecule has 0 fully saturated rings. The molecular weight excluding hydrogens is 265 g/mol. The van der Waals surface area contributed by atoms with Crippen LogP contribution in [0, 0.1) is 18.2 Å². The third-order valence-corrected chi connectivity index (χ3v) is 3.14. The van der Waals surface area contributed by atoms with Crippen molar-refractivity contribution in [3.63, 3.8) is 0 Å². The molecule has 0 amide bonds. The molecule has 21 heavy (non-hydrogen) atoms. The van der Waals surface area contributed by atoms with Gasteiger partial charge in [-0.15, -0.1) is 6.42 Å². The van der Waals surface area contributed by atoms with Crippen LogP contribution in [0.25, 0.3) is 22.5 Å². The van der Waals surface area contributed by atoms with Crippen LogP contribution >= 0.6 is 0 Å². The third-order valence-electron chi connectivity index (χ3n) is 3.14. The fourth-order valence-corrected chi connectivity index (χ4v) is 2.14. The number of pyridine rings is 1.